The highest BCUT2D eigenvalue weighted by atomic mass is 35.5. The number of nitrogens with zero attached hydrogens (tertiary/aromatic N) is 3. The lowest BCUT2D eigenvalue weighted by molar-refractivity contribution is -0.385. The van der Waals surface area contributed by atoms with Gasteiger partial charge >= 0.3 is 0 Å². The van der Waals surface area contributed by atoms with Crippen molar-refractivity contribution in [2.24, 2.45) is 0 Å². The normalized spacial score (nSPS) is 10.2. The van der Waals surface area contributed by atoms with Crippen molar-refractivity contribution in [1.29, 1.82) is 0 Å². The van der Waals surface area contributed by atoms with Crippen LogP contribution in [0.15, 0.2) is 24.0 Å². The largest absolute Gasteiger partial charge is 0.347 e. The van der Waals surface area contributed by atoms with Crippen LogP contribution in [0.1, 0.15) is 15.2 Å². The molecule has 98 valence electrons. The van der Waals surface area contributed by atoms with Crippen LogP contribution in [0.5, 0.6) is 0 Å². The van der Waals surface area contributed by atoms with Crippen molar-refractivity contribution in [3.8, 4) is 0 Å². The lowest BCUT2D eigenvalue weighted by atomic mass is 10.2. The fourth-order valence-corrected chi connectivity index (χ4v) is 2.01. The first-order valence-electron chi connectivity index (χ1n) is 5.03. The predicted molar refractivity (Wildman–Crippen MR) is 69.2 cm³/mol. The smallest absolute Gasteiger partial charge is 0.288 e. The van der Waals surface area contributed by atoms with Gasteiger partial charge in [-0.05, 0) is 0 Å². The topological polar surface area (TPSA) is 98.0 Å². The second kappa shape index (κ2) is 5.72. The molecule has 0 atom stereocenters. The second-order valence-corrected chi connectivity index (χ2v) is 4.77. The summed E-state index contributed by atoms with van der Waals surface area (Å²) in [4.78, 5) is 30.2. The number of carbonyl (C=O) groups is 1. The molecule has 2 heterocycles. The number of aromatic nitrogens is 2. The third kappa shape index (κ3) is 3.24. The van der Waals surface area contributed by atoms with Crippen LogP contribution >= 0.6 is 22.9 Å². The van der Waals surface area contributed by atoms with E-state index in [0.29, 0.717) is 0 Å². The van der Waals surface area contributed by atoms with Gasteiger partial charge in [0.1, 0.15) is 11.3 Å². The van der Waals surface area contributed by atoms with E-state index >= 15 is 0 Å². The molecule has 0 fully saturated rings. The minimum Gasteiger partial charge on any atom is -0.347 e. The van der Waals surface area contributed by atoms with Gasteiger partial charge < -0.3 is 5.32 Å². The van der Waals surface area contributed by atoms with E-state index in [9.17, 15) is 14.9 Å². The zero-order valence-electron chi connectivity index (χ0n) is 9.37. The molecule has 0 aromatic carbocycles. The van der Waals surface area contributed by atoms with Crippen molar-refractivity contribution < 1.29 is 9.72 Å². The molecule has 1 amide bonds. The van der Waals surface area contributed by atoms with E-state index in [1.807, 2.05) is 0 Å². The number of nitrogens with one attached hydrogen (secondary N) is 1. The minimum absolute atomic E-state index is 0.0274. The van der Waals surface area contributed by atoms with E-state index < -0.39 is 10.8 Å². The van der Waals surface area contributed by atoms with Crippen LogP contribution in [0.2, 0.25) is 5.15 Å². The van der Waals surface area contributed by atoms with Crippen LogP contribution in [-0.4, -0.2) is 20.8 Å². The van der Waals surface area contributed by atoms with Gasteiger partial charge in [0.25, 0.3) is 11.6 Å². The number of thiazole rings is 1. The summed E-state index contributed by atoms with van der Waals surface area (Å²) in [6.07, 6.45) is 2.63. The first kappa shape index (κ1) is 13.4. The maximum atomic E-state index is 11.9. The number of pyridine rings is 1. The van der Waals surface area contributed by atoms with Crippen molar-refractivity contribution in [3.63, 3.8) is 0 Å². The molecule has 7 nitrogen and oxygen atoms in total. The summed E-state index contributed by atoms with van der Waals surface area (Å²) in [6, 6.07) is 1.09. The Hall–Kier alpha value is -2.06. The molecular formula is C10H7ClN4O3S. The van der Waals surface area contributed by atoms with E-state index in [2.05, 4.69) is 15.3 Å². The highest BCUT2D eigenvalue weighted by Crippen LogP contribution is 2.19. The van der Waals surface area contributed by atoms with Crippen LogP contribution in [0.4, 0.5) is 5.69 Å². The van der Waals surface area contributed by atoms with Gasteiger partial charge in [0.2, 0.25) is 0 Å². The number of nitro groups is 1. The average Bonchev–Trinajstić information content (AvgIpc) is 2.89. The van der Waals surface area contributed by atoms with Gasteiger partial charge in [0.15, 0.2) is 0 Å². The minimum atomic E-state index is -0.636. The predicted octanol–water partition coefficient (Wildman–Crippen LogP) is 2.03. The molecule has 0 aliphatic rings. The SMILES string of the molecule is O=C(NCc1cncs1)c1cc([N+](=O)[O-])cnc1Cl. The van der Waals surface area contributed by atoms with Crippen molar-refractivity contribution in [2.45, 2.75) is 6.54 Å². The van der Waals surface area contributed by atoms with Gasteiger partial charge in [-0.2, -0.15) is 0 Å². The third-order valence-corrected chi connectivity index (χ3v) is 3.27. The molecule has 19 heavy (non-hydrogen) atoms. The molecule has 0 aliphatic heterocycles. The van der Waals surface area contributed by atoms with E-state index in [1.54, 1.807) is 11.7 Å². The molecule has 0 spiro atoms. The Kier molecular flexibility index (Phi) is 4.03. The van der Waals surface area contributed by atoms with Crippen LogP contribution in [0.3, 0.4) is 0 Å². The Morgan fingerprint density at radius 1 is 1.53 bits per heavy atom. The van der Waals surface area contributed by atoms with E-state index in [-0.39, 0.29) is 22.9 Å². The van der Waals surface area contributed by atoms with E-state index in [0.717, 1.165) is 17.1 Å². The Labute approximate surface area is 116 Å². The summed E-state index contributed by atoms with van der Waals surface area (Å²) in [7, 11) is 0. The molecule has 2 aromatic rings. The summed E-state index contributed by atoms with van der Waals surface area (Å²) in [5.74, 6) is -0.519. The third-order valence-electron chi connectivity index (χ3n) is 2.19. The van der Waals surface area contributed by atoms with Gasteiger partial charge in [-0.25, -0.2) is 4.98 Å². The van der Waals surface area contributed by atoms with Crippen molar-refractivity contribution in [1.82, 2.24) is 15.3 Å². The van der Waals surface area contributed by atoms with Gasteiger partial charge in [0.05, 0.1) is 22.5 Å². The lowest BCUT2D eigenvalue weighted by Gasteiger charge is -2.04. The second-order valence-electron chi connectivity index (χ2n) is 3.44. The Bertz CT molecular complexity index is 617. The van der Waals surface area contributed by atoms with Gasteiger partial charge in [0, 0.05) is 17.1 Å². The zero-order valence-corrected chi connectivity index (χ0v) is 10.9. The summed E-state index contributed by atoms with van der Waals surface area (Å²) in [6.45, 7) is 0.280. The summed E-state index contributed by atoms with van der Waals surface area (Å²) < 4.78 is 0. The maximum Gasteiger partial charge on any atom is 0.288 e. The van der Waals surface area contributed by atoms with Gasteiger partial charge in [-0.15, -0.1) is 11.3 Å². The van der Waals surface area contributed by atoms with Crippen molar-refractivity contribution in [3.05, 3.63) is 49.7 Å². The molecule has 0 bridgehead atoms. The molecular weight excluding hydrogens is 292 g/mol. The number of hydrogen-bond donors (Lipinski definition) is 1. The Balaban J connectivity index is 2.14. The summed E-state index contributed by atoms with van der Waals surface area (Å²) >= 11 is 7.14. The zero-order chi connectivity index (χ0) is 13.8. The first-order valence-corrected chi connectivity index (χ1v) is 6.29. The maximum absolute atomic E-state index is 11.9. The van der Waals surface area contributed by atoms with E-state index in [1.165, 1.54) is 11.3 Å². The Morgan fingerprint density at radius 3 is 2.95 bits per heavy atom. The first-order chi connectivity index (χ1) is 9.08. The number of halogens is 1. The molecule has 1 N–H and O–H groups in total. The molecule has 0 unspecified atom stereocenters. The molecule has 9 heteroatoms. The molecule has 2 aromatic heterocycles. The molecule has 2 rings (SSSR count). The number of hydrogen-bond acceptors (Lipinski definition) is 6. The fourth-order valence-electron chi connectivity index (χ4n) is 1.29. The summed E-state index contributed by atoms with van der Waals surface area (Å²) in [5.41, 5.74) is 1.33. The van der Waals surface area contributed by atoms with Crippen molar-refractivity contribution >= 4 is 34.5 Å². The number of rotatable bonds is 4. The molecule has 0 saturated carbocycles. The highest BCUT2D eigenvalue weighted by Gasteiger charge is 2.16. The van der Waals surface area contributed by atoms with Crippen LogP contribution in [0, 0.1) is 10.1 Å². The molecule has 0 radical (unpaired) electrons. The van der Waals surface area contributed by atoms with Crippen molar-refractivity contribution in [2.75, 3.05) is 0 Å². The fraction of sp³-hybridized carbons (Fsp3) is 0.100. The monoisotopic (exact) mass is 298 g/mol. The highest BCUT2D eigenvalue weighted by molar-refractivity contribution is 7.09. The number of carbonyl (C=O) groups excluding carboxylic acids is 1. The van der Waals surface area contributed by atoms with Crippen LogP contribution < -0.4 is 5.32 Å². The summed E-state index contributed by atoms with van der Waals surface area (Å²) in [5, 5.41) is 13.1. The lowest BCUT2D eigenvalue weighted by Crippen LogP contribution is -2.23. The molecule has 0 aliphatic carbocycles. The average molecular weight is 299 g/mol. The quantitative estimate of drug-likeness (QED) is 0.529. The van der Waals surface area contributed by atoms with E-state index in [4.69, 9.17) is 11.6 Å². The number of amides is 1. The molecule has 0 saturated heterocycles. The van der Waals surface area contributed by atoms with Gasteiger partial charge in [-0.3, -0.25) is 19.9 Å². The standard InChI is InChI=1S/C10H7ClN4O3S/c11-9-8(1-6(2-13-9)15(17)18)10(16)14-4-7-3-12-5-19-7/h1-3,5H,4H2,(H,14,16). The van der Waals surface area contributed by atoms with Crippen LogP contribution in [-0.2, 0) is 6.54 Å². The van der Waals surface area contributed by atoms with Gasteiger partial charge in [-0.1, -0.05) is 11.6 Å². The van der Waals surface area contributed by atoms with Crippen LogP contribution in [0.25, 0.3) is 0 Å². The Morgan fingerprint density at radius 2 is 2.32 bits per heavy atom.